The molecule has 0 aromatic heterocycles. The molecule has 0 aliphatic carbocycles. The summed E-state index contributed by atoms with van der Waals surface area (Å²) in [5.41, 5.74) is 0. The quantitative estimate of drug-likeness (QED) is 0.704. The van der Waals surface area contributed by atoms with Gasteiger partial charge in [0.2, 0.25) is 0 Å². The highest BCUT2D eigenvalue weighted by Crippen LogP contribution is 2.13. The topological polar surface area (TPSA) is 18.5 Å². The summed E-state index contributed by atoms with van der Waals surface area (Å²) in [6, 6.07) is 0.706. The van der Waals surface area contributed by atoms with E-state index in [1.807, 2.05) is 0 Å². The molecule has 1 N–H and O–H groups in total. The van der Waals surface area contributed by atoms with Crippen LogP contribution in [0.1, 0.15) is 52.9 Å². The second-order valence-electron chi connectivity index (χ2n) is 5.09. The Hall–Kier alpha value is -0.120. The van der Waals surface area contributed by atoms with E-state index >= 15 is 0 Å². The van der Waals surface area contributed by atoms with E-state index < -0.39 is 0 Å². The molecule has 102 valence electrons. The molecule has 0 amide bonds. The van der Waals surface area contributed by atoms with Gasteiger partial charge in [0, 0.05) is 38.8 Å². The molecule has 1 aliphatic rings. The van der Waals surface area contributed by atoms with Gasteiger partial charge in [-0.2, -0.15) is 0 Å². The monoisotopic (exact) mass is 241 g/mol. The molecule has 1 rings (SSSR count). The Labute approximate surface area is 108 Å². The molecule has 1 aliphatic heterocycles. The average Bonchev–Trinajstić information content (AvgIpc) is 2.39. The zero-order valence-corrected chi connectivity index (χ0v) is 12.0. The van der Waals surface area contributed by atoms with Crippen LogP contribution in [0.4, 0.5) is 0 Å². The Balaban J connectivity index is 2.51. The molecule has 0 bridgehead atoms. The third-order valence-electron chi connectivity index (χ3n) is 3.69. The molecular weight excluding hydrogens is 210 g/mol. The third-order valence-corrected chi connectivity index (χ3v) is 3.69. The van der Waals surface area contributed by atoms with Crippen LogP contribution in [0.2, 0.25) is 0 Å². The summed E-state index contributed by atoms with van der Waals surface area (Å²) in [5, 5.41) is 8.78. The maximum absolute atomic E-state index is 3.51. The maximum atomic E-state index is 3.51. The third kappa shape index (κ3) is 4.94. The Morgan fingerprint density at radius 1 is 1.12 bits per heavy atom. The molecule has 1 heterocycles. The molecule has 0 aromatic rings. The SMILES string of the molecule is CCCCN(CCCC)N1CCNCC1CC. The zero-order chi connectivity index (χ0) is 12.5. The maximum Gasteiger partial charge on any atom is 0.0368 e. The summed E-state index contributed by atoms with van der Waals surface area (Å²) < 4.78 is 0. The lowest BCUT2D eigenvalue weighted by Crippen LogP contribution is -2.58. The van der Waals surface area contributed by atoms with E-state index in [1.54, 1.807) is 0 Å². The first-order valence-corrected chi connectivity index (χ1v) is 7.55. The Morgan fingerprint density at radius 3 is 2.29 bits per heavy atom. The largest absolute Gasteiger partial charge is 0.314 e. The molecule has 1 saturated heterocycles. The highest BCUT2D eigenvalue weighted by Gasteiger charge is 2.25. The van der Waals surface area contributed by atoms with Gasteiger partial charge in [0.1, 0.15) is 0 Å². The van der Waals surface area contributed by atoms with Crippen LogP contribution < -0.4 is 5.32 Å². The minimum absolute atomic E-state index is 0.706. The molecule has 17 heavy (non-hydrogen) atoms. The molecule has 0 spiro atoms. The number of nitrogens with one attached hydrogen (secondary N) is 1. The van der Waals surface area contributed by atoms with Gasteiger partial charge in [-0.15, -0.1) is 0 Å². The highest BCUT2D eigenvalue weighted by atomic mass is 15.6. The number of hydrogen-bond acceptors (Lipinski definition) is 3. The Morgan fingerprint density at radius 2 is 1.76 bits per heavy atom. The van der Waals surface area contributed by atoms with Gasteiger partial charge in [-0.3, -0.25) is 0 Å². The summed E-state index contributed by atoms with van der Waals surface area (Å²) in [6.45, 7) is 12.9. The number of piperazine rings is 1. The summed E-state index contributed by atoms with van der Waals surface area (Å²) in [4.78, 5) is 0. The molecule has 3 heteroatoms. The van der Waals surface area contributed by atoms with Gasteiger partial charge < -0.3 is 5.32 Å². The first-order chi connectivity index (χ1) is 8.33. The number of nitrogens with zero attached hydrogens (tertiary/aromatic N) is 2. The van der Waals surface area contributed by atoms with Crippen molar-refractivity contribution in [2.75, 3.05) is 32.7 Å². The first kappa shape index (κ1) is 14.9. The molecule has 1 fully saturated rings. The van der Waals surface area contributed by atoms with E-state index in [1.165, 1.54) is 51.7 Å². The standard InChI is InChI=1S/C14H31N3/c1-4-7-10-16(11-8-5-2)17-12-9-15-13-14(17)6-3/h14-15H,4-13H2,1-3H3. The van der Waals surface area contributed by atoms with E-state index in [0.717, 1.165) is 13.1 Å². The smallest absolute Gasteiger partial charge is 0.0368 e. The molecular formula is C14H31N3. The van der Waals surface area contributed by atoms with E-state index in [4.69, 9.17) is 0 Å². The van der Waals surface area contributed by atoms with E-state index in [0.29, 0.717) is 6.04 Å². The molecule has 0 saturated carbocycles. The lowest BCUT2D eigenvalue weighted by Gasteiger charge is -2.43. The van der Waals surface area contributed by atoms with Crippen molar-refractivity contribution in [2.24, 2.45) is 0 Å². The summed E-state index contributed by atoms with van der Waals surface area (Å²) >= 11 is 0. The summed E-state index contributed by atoms with van der Waals surface area (Å²) in [6.07, 6.45) is 6.49. The van der Waals surface area contributed by atoms with E-state index in [2.05, 4.69) is 36.1 Å². The van der Waals surface area contributed by atoms with Crippen LogP contribution in [0.25, 0.3) is 0 Å². The van der Waals surface area contributed by atoms with Crippen LogP contribution in [-0.2, 0) is 0 Å². The van der Waals surface area contributed by atoms with Crippen LogP contribution in [0, 0.1) is 0 Å². The molecule has 0 aromatic carbocycles. The molecule has 0 radical (unpaired) electrons. The number of hydrazine groups is 1. The average molecular weight is 241 g/mol. The minimum Gasteiger partial charge on any atom is -0.314 e. The van der Waals surface area contributed by atoms with Crippen molar-refractivity contribution in [1.82, 2.24) is 15.3 Å². The predicted octanol–water partition coefficient (Wildman–Crippen LogP) is 2.49. The van der Waals surface area contributed by atoms with Gasteiger partial charge in [-0.1, -0.05) is 33.6 Å². The van der Waals surface area contributed by atoms with E-state index in [9.17, 15) is 0 Å². The van der Waals surface area contributed by atoms with Crippen molar-refractivity contribution in [2.45, 2.75) is 58.9 Å². The van der Waals surface area contributed by atoms with Crippen molar-refractivity contribution in [1.29, 1.82) is 0 Å². The van der Waals surface area contributed by atoms with Gasteiger partial charge in [-0.05, 0) is 19.3 Å². The normalized spacial score (nSPS) is 22.2. The van der Waals surface area contributed by atoms with Crippen molar-refractivity contribution in [3.05, 3.63) is 0 Å². The lowest BCUT2D eigenvalue weighted by atomic mass is 10.1. The van der Waals surface area contributed by atoms with Gasteiger partial charge in [-0.25, -0.2) is 10.0 Å². The van der Waals surface area contributed by atoms with Crippen LogP contribution in [0.3, 0.4) is 0 Å². The fourth-order valence-electron chi connectivity index (χ4n) is 2.53. The Bertz CT molecular complexity index is 176. The Kier molecular flexibility index (Phi) is 7.82. The number of rotatable bonds is 8. The molecule has 1 atom stereocenters. The number of hydrogen-bond donors (Lipinski definition) is 1. The van der Waals surface area contributed by atoms with E-state index in [-0.39, 0.29) is 0 Å². The van der Waals surface area contributed by atoms with Crippen molar-refractivity contribution in [3.63, 3.8) is 0 Å². The van der Waals surface area contributed by atoms with Crippen molar-refractivity contribution in [3.8, 4) is 0 Å². The fourth-order valence-corrected chi connectivity index (χ4v) is 2.53. The second-order valence-corrected chi connectivity index (χ2v) is 5.09. The molecule has 1 unspecified atom stereocenters. The van der Waals surface area contributed by atoms with Crippen LogP contribution >= 0.6 is 0 Å². The lowest BCUT2D eigenvalue weighted by molar-refractivity contribution is -0.0743. The van der Waals surface area contributed by atoms with Gasteiger partial charge in [0.15, 0.2) is 0 Å². The predicted molar refractivity (Wildman–Crippen MR) is 75.0 cm³/mol. The fraction of sp³-hybridized carbons (Fsp3) is 1.00. The van der Waals surface area contributed by atoms with Crippen molar-refractivity contribution < 1.29 is 0 Å². The van der Waals surface area contributed by atoms with Gasteiger partial charge >= 0.3 is 0 Å². The summed E-state index contributed by atoms with van der Waals surface area (Å²) in [7, 11) is 0. The number of unbranched alkanes of at least 4 members (excludes halogenated alkanes) is 2. The minimum atomic E-state index is 0.706. The van der Waals surface area contributed by atoms with Crippen LogP contribution in [-0.4, -0.2) is 48.8 Å². The van der Waals surface area contributed by atoms with Gasteiger partial charge in [0.25, 0.3) is 0 Å². The van der Waals surface area contributed by atoms with Crippen molar-refractivity contribution >= 4 is 0 Å². The first-order valence-electron chi connectivity index (χ1n) is 7.55. The molecule has 3 nitrogen and oxygen atoms in total. The van der Waals surface area contributed by atoms with Crippen LogP contribution in [0.15, 0.2) is 0 Å². The van der Waals surface area contributed by atoms with Gasteiger partial charge in [0.05, 0.1) is 0 Å². The summed E-state index contributed by atoms with van der Waals surface area (Å²) in [5.74, 6) is 0. The second kappa shape index (κ2) is 8.90. The highest BCUT2D eigenvalue weighted by molar-refractivity contribution is 4.77. The zero-order valence-electron chi connectivity index (χ0n) is 12.0. The van der Waals surface area contributed by atoms with Crippen LogP contribution in [0.5, 0.6) is 0 Å².